The molecule has 1 aliphatic carbocycles. The fourth-order valence-electron chi connectivity index (χ4n) is 2.84. The van der Waals surface area contributed by atoms with Gasteiger partial charge in [0.2, 0.25) is 5.69 Å². The molecule has 0 radical (unpaired) electrons. The van der Waals surface area contributed by atoms with Crippen LogP contribution in [-0.4, -0.2) is 0 Å². The molecule has 0 N–H and O–H groups in total. The van der Waals surface area contributed by atoms with E-state index in [0.717, 1.165) is 0 Å². The highest BCUT2D eigenvalue weighted by atomic mass is 15.0. The molecule has 1 aromatic heterocycles. The van der Waals surface area contributed by atoms with Gasteiger partial charge in [0, 0.05) is 12.1 Å². The van der Waals surface area contributed by atoms with Gasteiger partial charge in [0.25, 0.3) is 0 Å². The van der Waals surface area contributed by atoms with E-state index in [1.54, 1.807) is 0 Å². The van der Waals surface area contributed by atoms with Gasteiger partial charge in [-0.25, -0.2) is 0 Å². The number of aromatic nitrogens is 1. The first kappa shape index (κ1) is 8.28. The van der Waals surface area contributed by atoms with Gasteiger partial charge in [-0.15, -0.1) is 0 Å². The van der Waals surface area contributed by atoms with Crippen LogP contribution < -0.4 is 4.57 Å². The van der Waals surface area contributed by atoms with Crippen molar-refractivity contribution in [1.82, 2.24) is 0 Å². The largest absolute Gasteiger partial charge is 0.213 e. The average Bonchev–Trinajstić information content (AvgIpc) is 2.29. The van der Waals surface area contributed by atoms with E-state index in [4.69, 9.17) is 0 Å². The molecular formula is C15H12N+. The Balaban J connectivity index is 2.10. The van der Waals surface area contributed by atoms with Gasteiger partial charge in [-0.1, -0.05) is 24.3 Å². The van der Waals surface area contributed by atoms with Crippen LogP contribution in [0.3, 0.4) is 0 Å². The second-order valence-electron chi connectivity index (χ2n) is 4.48. The number of nitrogens with zero attached hydrogens (tertiary/aromatic N) is 1. The van der Waals surface area contributed by atoms with Crippen LogP contribution >= 0.6 is 0 Å². The lowest BCUT2D eigenvalue weighted by atomic mass is 9.77. The van der Waals surface area contributed by atoms with Gasteiger partial charge in [-0.05, 0) is 23.8 Å². The third kappa shape index (κ3) is 0.884. The first-order valence-electron chi connectivity index (χ1n) is 5.73. The average molecular weight is 206 g/mol. The Bertz CT molecular complexity index is 544. The lowest BCUT2D eigenvalue weighted by Crippen LogP contribution is -2.48. The quantitative estimate of drug-likeness (QED) is 0.461. The molecule has 76 valence electrons. The molecule has 2 aliphatic rings. The number of allylic oxidation sites excluding steroid dienone is 2. The van der Waals surface area contributed by atoms with E-state index in [1.807, 2.05) is 0 Å². The molecule has 1 aliphatic heterocycles. The predicted octanol–water partition coefficient (Wildman–Crippen LogP) is 2.85. The summed E-state index contributed by atoms with van der Waals surface area (Å²) < 4.78 is 2.38. The van der Waals surface area contributed by atoms with E-state index in [2.05, 4.69) is 65.4 Å². The molecule has 0 amide bonds. The minimum Gasteiger partial charge on any atom is -0.191 e. The summed E-state index contributed by atoms with van der Waals surface area (Å²) in [5.41, 5.74) is 4.19. The minimum atomic E-state index is 0.533. The number of hydrogen-bond donors (Lipinski definition) is 0. The van der Waals surface area contributed by atoms with Gasteiger partial charge in [-0.2, -0.15) is 4.57 Å². The molecule has 0 saturated carbocycles. The van der Waals surface area contributed by atoms with E-state index in [1.165, 1.54) is 16.8 Å². The van der Waals surface area contributed by atoms with Gasteiger partial charge in [0.05, 0.1) is 11.5 Å². The molecule has 0 spiro atoms. The fourth-order valence-corrected chi connectivity index (χ4v) is 2.84. The Morgan fingerprint density at radius 3 is 2.62 bits per heavy atom. The number of fused-ring (bicyclic) bond motifs is 6. The maximum atomic E-state index is 2.38. The monoisotopic (exact) mass is 206 g/mol. The van der Waals surface area contributed by atoms with Crippen LogP contribution in [0.25, 0.3) is 11.3 Å². The molecule has 0 saturated heterocycles. The summed E-state index contributed by atoms with van der Waals surface area (Å²) in [6.45, 7) is 0. The van der Waals surface area contributed by atoms with E-state index in [0.29, 0.717) is 12.0 Å². The van der Waals surface area contributed by atoms with Crippen LogP contribution in [0.4, 0.5) is 0 Å². The van der Waals surface area contributed by atoms with Crippen molar-refractivity contribution >= 4 is 0 Å². The third-order valence-electron chi connectivity index (χ3n) is 3.69. The highest BCUT2D eigenvalue weighted by Crippen LogP contribution is 2.43. The summed E-state index contributed by atoms with van der Waals surface area (Å²) in [7, 11) is 0. The second kappa shape index (κ2) is 2.82. The molecule has 2 atom stereocenters. The maximum Gasteiger partial charge on any atom is 0.213 e. The second-order valence-corrected chi connectivity index (χ2v) is 4.48. The van der Waals surface area contributed by atoms with Crippen molar-refractivity contribution in [2.45, 2.75) is 12.0 Å². The van der Waals surface area contributed by atoms with E-state index >= 15 is 0 Å². The topological polar surface area (TPSA) is 3.88 Å². The van der Waals surface area contributed by atoms with E-state index in [9.17, 15) is 0 Å². The predicted molar refractivity (Wildman–Crippen MR) is 63.0 cm³/mol. The molecule has 0 bridgehead atoms. The summed E-state index contributed by atoms with van der Waals surface area (Å²) in [4.78, 5) is 0. The highest BCUT2D eigenvalue weighted by Gasteiger charge is 2.41. The Morgan fingerprint density at radius 2 is 1.75 bits per heavy atom. The van der Waals surface area contributed by atoms with Gasteiger partial charge < -0.3 is 0 Å². The number of pyridine rings is 1. The zero-order valence-electron chi connectivity index (χ0n) is 8.88. The molecular weight excluding hydrogens is 194 g/mol. The summed E-state index contributed by atoms with van der Waals surface area (Å²) in [6.07, 6.45) is 6.79. The summed E-state index contributed by atoms with van der Waals surface area (Å²) in [5.74, 6) is 0.580. The van der Waals surface area contributed by atoms with Gasteiger partial charge in [0.1, 0.15) is 0 Å². The summed E-state index contributed by atoms with van der Waals surface area (Å²) in [5, 5.41) is 0. The van der Waals surface area contributed by atoms with Crippen LogP contribution in [0.1, 0.15) is 17.5 Å². The maximum absolute atomic E-state index is 2.38. The van der Waals surface area contributed by atoms with Crippen LogP contribution in [0.2, 0.25) is 0 Å². The molecule has 4 rings (SSSR count). The van der Waals surface area contributed by atoms with Crippen LogP contribution in [-0.2, 0) is 0 Å². The van der Waals surface area contributed by atoms with Crippen LogP contribution in [0.15, 0.2) is 60.8 Å². The zero-order chi connectivity index (χ0) is 10.5. The molecule has 1 aromatic carbocycles. The number of hydrogen-bond acceptors (Lipinski definition) is 0. The Hall–Kier alpha value is -1.89. The summed E-state index contributed by atoms with van der Waals surface area (Å²) >= 11 is 0. The standard InChI is InChI=1S/C15H12N/c1-2-6-12-11(5-1)13-8-9-15(13)16-10-4-3-7-14(12)16/h1-10,13,15H/q+1. The van der Waals surface area contributed by atoms with E-state index < -0.39 is 0 Å². The third-order valence-corrected chi connectivity index (χ3v) is 3.69. The normalized spacial score (nSPS) is 24.0. The Morgan fingerprint density at radius 1 is 0.875 bits per heavy atom. The molecule has 1 heteroatoms. The van der Waals surface area contributed by atoms with Gasteiger partial charge in [-0.3, -0.25) is 0 Å². The Labute approximate surface area is 94.7 Å². The zero-order valence-corrected chi connectivity index (χ0v) is 8.88. The van der Waals surface area contributed by atoms with Crippen molar-refractivity contribution in [2.75, 3.05) is 0 Å². The molecule has 2 heterocycles. The smallest absolute Gasteiger partial charge is 0.191 e. The SMILES string of the molecule is C1=CC2C1c1ccccc1-c1cccc[n+]12. The van der Waals surface area contributed by atoms with Crippen LogP contribution in [0, 0.1) is 0 Å². The first-order valence-corrected chi connectivity index (χ1v) is 5.73. The molecule has 16 heavy (non-hydrogen) atoms. The van der Waals surface area contributed by atoms with Crippen molar-refractivity contribution in [3.05, 3.63) is 66.4 Å². The van der Waals surface area contributed by atoms with Gasteiger partial charge in [0.15, 0.2) is 12.2 Å². The van der Waals surface area contributed by atoms with Crippen molar-refractivity contribution in [2.24, 2.45) is 0 Å². The first-order chi connectivity index (χ1) is 7.95. The lowest BCUT2D eigenvalue weighted by molar-refractivity contribution is -0.709. The molecule has 1 nitrogen and oxygen atoms in total. The molecule has 0 fully saturated rings. The minimum absolute atomic E-state index is 0.533. The lowest BCUT2D eigenvalue weighted by Gasteiger charge is -2.31. The molecule has 2 unspecified atom stereocenters. The number of rotatable bonds is 0. The molecule has 2 aromatic rings. The number of benzene rings is 1. The Kier molecular flexibility index (Phi) is 1.46. The van der Waals surface area contributed by atoms with Crippen LogP contribution in [0.5, 0.6) is 0 Å². The van der Waals surface area contributed by atoms with Gasteiger partial charge >= 0.3 is 0 Å². The fraction of sp³-hybridized carbons (Fsp3) is 0.133. The van der Waals surface area contributed by atoms with Crippen molar-refractivity contribution in [3.63, 3.8) is 0 Å². The van der Waals surface area contributed by atoms with E-state index in [-0.39, 0.29) is 0 Å². The van der Waals surface area contributed by atoms with Crippen molar-refractivity contribution in [1.29, 1.82) is 0 Å². The van der Waals surface area contributed by atoms with Crippen molar-refractivity contribution < 1.29 is 4.57 Å². The summed E-state index contributed by atoms with van der Waals surface area (Å²) in [6, 6.07) is 15.7. The highest BCUT2D eigenvalue weighted by molar-refractivity contribution is 5.65. The van der Waals surface area contributed by atoms with Crippen molar-refractivity contribution in [3.8, 4) is 11.3 Å².